The highest BCUT2D eigenvalue weighted by Gasteiger charge is 2.09. The molecule has 0 atom stereocenters. The van der Waals surface area contributed by atoms with E-state index in [9.17, 15) is 0 Å². The van der Waals surface area contributed by atoms with Gasteiger partial charge in [-0.1, -0.05) is 42.5 Å². The maximum absolute atomic E-state index is 5.86. The molecule has 4 aromatic rings. The topological polar surface area (TPSA) is 42.7 Å². The quantitative estimate of drug-likeness (QED) is 0.395. The van der Waals surface area contributed by atoms with E-state index in [0.29, 0.717) is 6.61 Å². The Morgan fingerprint density at radius 3 is 2.43 bits per heavy atom. The molecule has 4 rings (SSSR count). The maximum Gasteiger partial charge on any atom is 0.230 e. The van der Waals surface area contributed by atoms with Gasteiger partial charge in [-0.2, -0.15) is 0 Å². The Morgan fingerprint density at radius 1 is 0.933 bits per heavy atom. The number of imidazole rings is 1. The normalized spacial score (nSPS) is 11.6. The Balaban J connectivity index is 1.48. The van der Waals surface area contributed by atoms with Crippen LogP contribution in [0.1, 0.15) is 11.1 Å². The van der Waals surface area contributed by atoms with Crippen molar-refractivity contribution in [2.75, 3.05) is 20.6 Å². The predicted octanol–water partition coefficient (Wildman–Crippen LogP) is 4.93. The number of nitrogens with zero attached hydrogens (tertiary/aromatic N) is 4. The van der Waals surface area contributed by atoms with Crippen LogP contribution in [0.25, 0.3) is 11.0 Å². The zero-order valence-electron chi connectivity index (χ0n) is 17.4. The molecule has 0 spiro atoms. The fourth-order valence-electron chi connectivity index (χ4n) is 3.21. The number of aliphatic imine (C=N–C) groups is 1. The number of hydrogen-bond acceptors (Lipinski definition) is 4. The van der Waals surface area contributed by atoms with E-state index in [1.165, 1.54) is 0 Å². The third-order valence-electron chi connectivity index (χ3n) is 4.86. The minimum absolute atomic E-state index is 0.560. The lowest BCUT2D eigenvalue weighted by atomic mass is 10.2. The summed E-state index contributed by atoms with van der Waals surface area (Å²) in [5, 5.41) is 0. The Bertz CT molecular complexity index is 1120. The summed E-state index contributed by atoms with van der Waals surface area (Å²) >= 11 is 0. The van der Waals surface area contributed by atoms with E-state index in [1.54, 1.807) is 0 Å². The fourth-order valence-corrected chi connectivity index (χ4v) is 3.21. The summed E-state index contributed by atoms with van der Waals surface area (Å²) in [6, 6.07) is 26.3. The molecule has 0 saturated heterocycles. The molecular weight excluding hydrogens is 372 g/mol. The molecule has 0 aliphatic rings. The predicted molar refractivity (Wildman–Crippen MR) is 123 cm³/mol. The molecule has 1 heterocycles. The number of likely N-dealkylation sites (N-methyl/N-ethyl adjacent to an activating group) is 1. The summed E-state index contributed by atoms with van der Waals surface area (Å²) in [5.41, 5.74) is 4.23. The van der Waals surface area contributed by atoms with Crippen LogP contribution in [0.4, 0.5) is 5.95 Å². The molecule has 30 heavy (non-hydrogen) atoms. The van der Waals surface area contributed by atoms with Crippen LogP contribution in [0.5, 0.6) is 5.75 Å². The molecular formula is C25H26N4O. The standard InChI is InChI=1S/C25H26N4O/c1-28(2)16-17-29-24-11-7-6-10-23(24)27-25(29)26-18-20-12-14-22(15-13-20)30-19-21-8-4-3-5-9-21/h3-15,18H,16-17,19H2,1-2H3/b26-18+. The van der Waals surface area contributed by atoms with Gasteiger partial charge >= 0.3 is 0 Å². The number of hydrogen-bond donors (Lipinski definition) is 0. The van der Waals surface area contributed by atoms with E-state index in [2.05, 4.69) is 46.8 Å². The molecule has 0 saturated carbocycles. The third-order valence-corrected chi connectivity index (χ3v) is 4.86. The molecule has 5 nitrogen and oxygen atoms in total. The fraction of sp³-hybridized carbons (Fsp3) is 0.200. The summed E-state index contributed by atoms with van der Waals surface area (Å²) in [4.78, 5) is 11.6. The van der Waals surface area contributed by atoms with Crippen molar-refractivity contribution >= 4 is 23.2 Å². The van der Waals surface area contributed by atoms with Gasteiger partial charge in [0.05, 0.1) is 11.0 Å². The number of rotatable bonds is 8. The molecule has 152 valence electrons. The van der Waals surface area contributed by atoms with Gasteiger partial charge in [-0.05, 0) is 61.6 Å². The van der Waals surface area contributed by atoms with E-state index < -0.39 is 0 Å². The summed E-state index contributed by atoms with van der Waals surface area (Å²) in [6.07, 6.45) is 1.86. The average molecular weight is 399 g/mol. The number of benzene rings is 3. The smallest absolute Gasteiger partial charge is 0.230 e. The van der Waals surface area contributed by atoms with Gasteiger partial charge in [-0.3, -0.25) is 0 Å². The number of para-hydroxylation sites is 2. The summed E-state index contributed by atoms with van der Waals surface area (Å²) in [5.74, 6) is 1.57. The molecule has 1 aromatic heterocycles. The number of ether oxygens (including phenoxy) is 1. The lowest BCUT2D eigenvalue weighted by Gasteiger charge is -2.11. The Labute approximate surface area is 177 Å². The second kappa shape index (κ2) is 9.37. The Hall–Kier alpha value is -3.44. The highest BCUT2D eigenvalue weighted by atomic mass is 16.5. The first kappa shape index (κ1) is 19.9. The van der Waals surface area contributed by atoms with Crippen LogP contribution in [0, 0.1) is 0 Å². The van der Waals surface area contributed by atoms with E-state index >= 15 is 0 Å². The maximum atomic E-state index is 5.86. The van der Waals surface area contributed by atoms with Crippen molar-refractivity contribution in [2.45, 2.75) is 13.2 Å². The molecule has 0 aliphatic heterocycles. The second-order valence-electron chi connectivity index (χ2n) is 7.46. The van der Waals surface area contributed by atoms with E-state index in [-0.39, 0.29) is 0 Å². The monoisotopic (exact) mass is 398 g/mol. The number of aromatic nitrogens is 2. The van der Waals surface area contributed by atoms with Gasteiger partial charge in [0.2, 0.25) is 5.95 Å². The zero-order chi connectivity index (χ0) is 20.8. The zero-order valence-corrected chi connectivity index (χ0v) is 17.4. The first-order valence-corrected chi connectivity index (χ1v) is 10.1. The van der Waals surface area contributed by atoms with E-state index in [1.807, 2.05) is 66.9 Å². The van der Waals surface area contributed by atoms with Crippen molar-refractivity contribution in [3.05, 3.63) is 90.0 Å². The van der Waals surface area contributed by atoms with Gasteiger partial charge in [-0.25, -0.2) is 9.98 Å². The lowest BCUT2D eigenvalue weighted by molar-refractivity contribution is 0.306. The molecule has 0 amide bonds. The van der Waals surface area contributed by atoms with Crippen LogP contribution in [-0.4, -0.2) is 41.3 Å². The summed E-state index contributed by atoms with van der Waals surface area (Å²) < 4.78 is 8.03. The van der Waals surface area contributed by atoms with Crippen molar-refractivity contribution in [2.24, 2.45) is 4.99 Å². The molecule has 5 heteroatoms. The third kappa shape index (κ3) is 4.93. The van der Waals surface area contributed by atoms with Crippen molar-refractivity contribution in [1.29, 1.82) is 0 Å². The first-order valence-electron chi connectivity index (χ1n) is 10.1. The van der Waals surface area contributed by atoms with Crippen molar-refractivity contribution in [3.63, 3.8) is 0 Å². The highest BCUT2D eigenvalue weighted by molar-refractivity contribution is 5.83. The van der Waals surface area contributed by atoms with E-state index in [4.69, 9.17) is 9.72 Å². The van der Waals surface area contributed by atoms with Gasteiger partial charge < -0.3 is 14.2 Å². The van der Waals surface area contributed by atoms with Gasteiger partial charge in [-0.15, -0.1) is 0 Å². The lowest BCUT2D eigenvalue weighted by Crippen LogP contribution is -2.18. The minimum atomic E-state index is 0.560. The van der Waals surface area contributed by atoms with Crippen LogP contribution in [0.3, 0.4) is 0 Å². The summed E-state index contributed by atoms with van der Waals surface area (Å²) in [7, 11) is 4.15. The van der Waals surface area contributed by atoms with E-state index in [0.717, 1.165) is 46.9 Å². The van der Waals surface area contributed by atoms with Crippen LogP contribution in [-0.2, 0) is 13.2 Å². The molecule has 0 bridgehead atoms. The van der Waals surface area contributed by atoms with Crippen LogP contribution < -0.4 is 4.74 Å². The van der Waals surface area contributed by atoms with Crippen molar-refractivity contribution < 1.29 is 4.74 Å². The van der Waals surface area contributed by atoms with Crippen molar-refractivity contribution in [1.82, 2.24) is 14.5 Å². The highest BCUT2D eigenvalue weighted by Crippen LogP contribution is 2.22. The van der Waals surface area contributed by atoms with Crippen LogP contribution in [0.2, 0.25) is 0 Å². The van der Waals surface area contributed by atoms with Crippen molar-refractivity contribution in [3.8, 4) is 5.75 Å². The number of fused-ring (bicyclic) bond motifs is 1. The van der Waals surface area contributed by atoms with Gasteiger partial charge in [0.1, 0.15) is 12.4 Å². The SMILES string of the molecule is CN(C)CCn1c(/N=C/c2ccc(OCc3ccccc3)cc2)nc2ccccc21. The molecule has 0 unspecified atom stereocenters. The largest absolute Gasteiger partial charge is 0.489 e. The molecule has 3 aromatic carbocycles. The minimum Gasteiger partial charge on any atom is -0.489 e. The van der Waals surface area contributed by atoms with Gasteiger partial charge in [0.15, 0.2) is 0 Å². The van der Waals surface area contributed by atoms with Crippen LogP contribution in [0.15, 0.2) is 83.9 Å². The molecule has 0 fully saturated rings. The summed E-state index contributed by atoms with van der Waals surface area (Å²) in [6.45, 7) is 2.33. The molecule has 0 aliphatic carbocycles. The van der Waals surface area contributed by atoms with Gasteiger partial charge in [0.25, 0.3) is 0 Å². The Morgan fingerprint density at radius 2 is 1.67 bits per heavy atom. The second-order valence-corrected chi connectivity index (χ2v) is 7.46. The van der Waals surface area contributed by atoms with Crippen LogP contribution >= 0.6 is 0 Å². The van der Waals surface area contributed by atoms with Gasteiger partial charge in [0, 0.05) is 19.3 Å². The molecule has 0 N–H and O–H groups in total. The Kier molecular flexibility index (Phi) is 6.20. The first-order chi connectivity index (χ1) is 14.7. The molecule has 0 radical (unpaired) electrons. The average Bonchev–Trinajstić information content (AvgIpc) is 3.13.